The number of hydrogen-bond acceptors (Lipinski definition) is 5. The van der Waals surface area contributed by atoms with Gasteiger partial charge in [-0.25, -0.2) is 4.98 Å². The average molecular weight is 290 g/mol. The number of nitrogens with one attached hydrogen (secondary N) is 1. The molecule has 0 amide bonds. The number of ether oxygens (including phenoxy) is 1. The van der Waals surface area contributed by atoms with Crippen LogP contribution in [0.5, 0.6) is 5.88 Å². The number of aromatic nitrogens is 2. The van der Waals surface area contributed by atoms with E-state index in [1.54, 1.807) is 0 Å². The van der Waals surface area contributed by atoms with Gasteiger partial charge in [0.2, 0.25) is 11.8 Å². The molecule has 5 nitrogen and oxygen atoms in total. The summed E-state index contributed by atoms with van der Waals surface area (Å²) in [5, 5.41) is 3.63. The van der Waals surface area contributed by atoms with Gasteiger partial charge in [0.15, 0.2) is 0 Å². The lowest BCUT2D eigenvalue weighted by Crippen LogP contribution is -2.39. The normalized spacial score (nSPS) is 22.1. The van der Waals surface area contributed by atoms with Crippen LogP contribution in [0.25, 0.3) is 0 Å². The van der Waals surface area contributed by atoms with Crippen LogP contribution in [0.2, 0.25) is 0 Å². The van der Waals surface area contributed by atoms with Crippen LogP contribution in [0.3, 0.4) is 0 Å². The molecule has 1 N–H and O–H groups in total. The number of rotatable bonds is 6. The molecule has 1 atom stereocenters. The smallest absolute Gasteiger partial charge is 0.229 e. The van der Waals surface area contributed by atoms with E-state index in [1.165, 1.54) is 25.7 Å². The van der Waals surface area contributed by atoms with E-state index in [1.807, 2.05) is 26.8 Å². The third kappa shape index (κ3) is 3.84. The molecule has 0 bridgehead atoms. The first kappa shape index (κ1) is 14.6. The zero-order valence-corrected chi connectivity index (χ0v) is 13.3. The highest BCUT2D eigenvalue weighted by Gasteiger charge is 2.29. The van der Waals surface area contributed by atoms with Gasteiger partial charge < -0.3 is 15.0 Å². The zero-order valence-electron chi connectivity index (χ0n) is 13.3. The average Bonchev–Trinajstić information content (AvgIpc) is 3.11. The second-order valence-electron chi connectivity index (χ2n) is 6.49. The quantitative estimate of drug-likeness (QED) is 0.871. The standard InChI is InChI=1S/C16H26N4O/c1-11(2)21-15-9-12(3)18-16(19-15)20-8-4-5-14(20)10-17-13-6-7-13/h9,11,13-14,17H,4-8,10H2,1-3H3. The summed E-state index contributed by atoms with van der Waals surface area (Å²) in [6, 6.07) is 3.18. The number of hydrogen-bond donors (Lipinski definition) is 1. The summed E-state index contributed by atoms with van der Waals surface area (Å²) in [4.78, 5) is 11.6. The van der Waals surface area contributed by atoms with E-state index >= 15 is 0 Å². The van der Waals surface area contributed by atoms with Crippen molar-refractivity contribution in [3.8, 4) is 5.88 Å². The molecule has 0 spiro atoms. The molecule has 0 radical (unpaired) electrons. The van der Waals surface area contributed by atoms with Crippen LogP contribution in [-0.4, -0.2) is 41.2 Å². The number of aryl methyl sites for hydroxylation is 1. The van der Waals surface area contributed by atoms with Crippen LogP contribution in [-0.2, 0) is 0 Å². The van der Waals surface area contributed by atoms with Gasteiger partial charge in [-0.3, -0.25) is 0 Å². The molecule has 21 heavy (non-hydrogen) atoms. The van der Waals surface area contributed by atoms with Crippen LogP contribution in [0, 0.1) is 6.92 Å². The number of anilines is 1. The van der Waals surface area contributed by atoms with E-state index in [0.717, 1.165) is 30.8 Å². The molecule has 1 unspecified atom stereocenters. The lowest BCUT2D eigenvalue weighted by atomic mass is 10.2. The van der Waals surface area contributed by atoms with Crippen molar-refractivity contribution in [3.05, 3.63) is 11.8 Å². The Morgan fingerprint density at radius 1 is 1.33 bits per heavy atom. The Morgan fingerprint density at radius 2 is 2.14 bits per heavy atom. The summed E-state index contributed by atoms with van der Waals surface area (Å²) in [5.41, 5.74) is 0.969. The lowest BCUT2D eigenvalue weighted by molar-refractivity contribution is 0.232. The maximum absolute atomic E-state index is 5.75. The van der Waals surface area contributed by atoms with Gasteiger partial charge in [-0.05, 0) is 46.5 Å². The van der Waals surface area contributed by atoms with Gasteiger partial charge in [0.05, 0.1) is 6.10 Å². The first-order chi connectivity index (χ1) is 10.1. The summed E-state index contributed by atoms with van der Waals surface area (Å²) in [6.07, 6.45) is 5.24. The predicted molar refractivity (Wildman–Crippen MR) is 83.9 cm³/mol. The highest BCUT2D eigenvalue weighted by Crippen LogP contribution is 2.26. The Hall–Kier alpha value is -1.36. The molecule has 5 heteroatoms. The lowest BCUT2D eigenvalue weighted by Gasteiger charge is -2.25. The first-order valence-electron chi connectivity index (χ1n) is 8.14. The predicted octanol–water partition coefficient (Wildman–Crippen LogP) is 2.29. The summed E-state index contributed by atoms with van der Waals surface area (Å²) in [6.45, 7) is 8.14. The van der Waals surface area contributed by atoms with E-state index in [2.05, 4.69) is 20.2 Å². The highest BCUT2D eigenvalue weighted by atomic mass is 16.5. The van der Waals surface area contributed by atoms with Gasteiger partial charge >= 0.3 is 0 Å². The maximum atomic E-state index is 5.75. The summed E-state index contributed by atoms with van der Waals surface area (Å²) < 4.78 is 5.75. The fraction of sp³-hybridized carbons (Fsp3) is 0.750. The van der Waals surface area contributed by atoms with Crippen LogP contribution < -0.4 is 15.0 Å². The van der Waals surface area contributed by atoms with Crippen molar-refractivity contribution in [2.75, 3.05) is 18.0 Å². The highest BCUT2D eigenvalue weighted by molar-refractivity contribution is 5.37. The second kappa shape index (κ2) is 6.18. The van der Waals surface area contributed by atoms with Crippen LogP contribution in [0.1, 0.15) is 45.2 Å². The van der Waals surface area contributed by atoms with E-state index in [-0.39, 0.29) is 6.10 Å². The fourth-order valence-corrected chi connectivity index (χ4v) is 2.86. The molecule has 1 aromatic rings. The molecule has 2 fully saturated rings. The maximum Gasteiger partial charge on any atom is 0.229 e. The molecule has 1 aliphatic carbocycles. The summed E-state index contributed by atoms with van der Waals surface area (Å²) in [5.74, 6) is 1.51. The Balaban J connectivity index is 1.72. The monoisotopic (exact) mass is 290 g/mol. The van der Waals surface area contributed by atoms with Crippen molar-refractivity contribution < 1.29 is 4.74 Å². The first-order valence-corrected chi connectivity index (χ1v) is 8.14. The molecule has 2 heterocycles. The van der Waals surface area contributed by atoms with Crippen LogP contribution >= 0.6 is 0 Å². The molecule has 0 aromatic carbocycles. The molecule has 1 aliphatic heterocycles. The topological polar surface area (TPSA) is 50.3 Å². The van der Waals surface area contributed by atoms with Crippen LogP contribution in [0.4, 0.5) is 5.95 Å². The Labute approximate surface area is 127 Å². The fourth-order valence-electron chi connectivity index (χ4n) is 2.86. The van der Waals surface area contributed by atoms with Gasteiger partial charge in [0, 0.05) is 36.9 Å². The summed E-state index contributed by atoms with van der Waals surface area (Å²) >= 11 is 0. The van der Waals surface area contributed by atoms with Gasteiger partial charge in [-0.1, -0.05) is 0 Å². The molecular formula is C16H26N4O. The minimum atomic E-state index is 0.137. The zero-order chi connectivity index (χ0) is 14.8. The number of nitrogens with zero attached hydrogens (tertiary/aromatic N) is 3. The van der Waals surface area contributed by atoms with E-state index in [0.29, 0.717) is 11.9 Å². The van der Waals surface area contributed by atoms with Crippen molar-refractivity contribution in [3.63, 3.8) is 0 Å². The molecular weight excluding hydrogens is 264 g/mol. The van der Waals surface area contributed by atoms with E-state index in [9.17, 15) is 0 Å². The van der Waals surface area contributed by atoms with Crippen molar-refractivity contribution in [1.82, 2.24) is 15.3 Å². The molecule has 3 rings (SSSR count). The SMILES string of the molecule is Cc1cc(OC(C)C)nc(N2CCCC2CNC2CC2)n1. The van der Waals surface area contributed by atoms with Gasteiger partial charge in [0.25, 0.3) is 0 Å². The third-order valence-electron chi connectivity index (χ3n) is 4.03. The second-order valence-corrected chi connectivity index (χ2v) is 6.49. The molecule has 1 saturated heterocycles. The van der Waals surface area contributed by atoms with E-state index < -0.39 is 0 Å². The van der Waals surface area contributed by atoms with E-state index in [4.69, 9.17) is 4.74 Å². The molecule has 1 saturated carbocycles. The molecule has 116 valence electrons. The minimum Gasteiger partial charge on any atom is -0.475 e. The Kier molecular flexibility index (Phi) is 4.29. The molecule has 2 aliphatic rings. The van der Waals surface area contributed by atoms with Gasteiger partial charge in [-0.15, -0.1) is 0 Å². The van der Waals surface area contributed by atoms with Crippen molar-refractivity contribution in [2.24, 2.45) is 0 Å². The Bertz CT molecular complexity index is 487. The Morgan fingerprint density at radius 3 is 2.86 bits per heavy atom. The van der Waals surface area contributed by atoms with Gasteiger partial charge in [0.1, 0.15) is 0 Å². The summed E-state index contributed by atoms with van der Waals surface area (Å²) in [7, 11) is 0. The minimum absolute atomic E-state index is 0.137. The third-order valence-corrected chi connectivity index (χ3v) is 4.03. The van der Waals surface area contributed by atoms with Gasteiger partial charge in [-0.2, -0.15) is 4.98 Å². The molecule has 1 aromatic heterocycles. The largest absolute Gasteiger partial charge is 0.475 e. The van der Waals surface area contributed by atoms with Crippen molar-refractivity contribution in [2.45, 2.75) is 64.6 Å². The van der Waals surface area contributed by atoms with Crippen molar-refractivity contribution in [1.29, 1.82) is 0 Å². The van der Waals surface area contributed by atoms with Crippen molar-refractivity contribution >= 4 is 5.95 Å². The van der Waals surface area contributed by atoms with Crippen LogP contribution in [0.15, 0.2) is 6.07 Å².